The number of nitrogens with one attached hydrogen (secondary N) is 1. The van der Waals surface area contributed by atoms with E-state index in [1.54, 1.807) is 7.11 Å². The third-order valence-corrected chi connectivity index (χ3v) is 3.45. The van der Waals surface area contributed by atoms with E-state index in [0.717, 1.165) is 24.4 Å². The molecule has 1 aliphatic heterocycles. The van der Waals surface area contributed by atoms with Crippen molar-refractivity contribution in [2.75, 3.05) is 20.2 Å². The summed E-state index contributed by atoms with van der Waals surface area (Å²) >= 11 is 0. The molecular formula is C15H21NO2. The molecule has 1 aromatic carbocycles. The van der Waals surface area contributed by atoms with Crippen LogP contribution in [-0.4, -0.2) is 26.0 Å². The zero-order valence-electron chi connectivity index (χ0n) is 10.9. The lowest BCUT2D eigenvalue weighted by molar-refractivity contribution is -0.119. The van der Waals surface area contributed by atoms with Crippen molar-refractivity contribution in [2.24, 2.45) is 5.92 Å². The van der Waals surface area contributed by atoms with Crippen molar-refractivity contribution in [2.45, 2.75) is 25.7 Å². The highest BCUT2D eigenvalue weighted by molar-refractivity contribution is 5.81. The van der Waals surface area contributed by atoms with Crippen LogP contribution in [0.4, 0.5) is 0 Å². The number of hydrogen-bond donors (Lipinski definition) is 1. The van der Waals surface area contributed by atoms with Crippen molar-refractivity contribution in [1.29, 1.82) is 0 Å². The fourth-order valence-electron chi connectivity index (χ4n) is 2.50. The normalized spacial score (nSPS) is 19.5. The minimum atomic E-state index is 0.331. The average molecular weight is 247 g/mol. The van der Waals surface area contributed by atoms with Crippen LogP contribution >= 0.6 is 0 Å². The van der Waals surface area contributed by atoms with Crippen molar-refractivity contribution >= 4 is 5.78 Å². The maximum atomic E-state index is 12.0. The van der Waals surface area contributed by atoms with Crippen LogP contribution in [0.25, 0.3) is 0 Å². The Balaban J connectivity index is 1.85. The van der Waals surface area contributed by atoms with Crippen molar-refractivity contribution < 1.29 is 9.53 Å². The molecule has 0 aromatic heterocycles. The molecule has 0 saturated carbocycles. The second-order valence-corrected chi connectivity index (χ2v) is 4.98. The van der Waals surface area contributed by atoms with E-state index in [1.807, 2.05) is 24.3 Å². The molecule has 1 atom stereocenters. The average Bonchev–Trinajstić information content (AvgIpc) is 2.40. The zero-order chi connectivity index (χ0) is 12.8. The van der Waals surface area contributed by atoms with Crippen LogP contribution in [0.1, 0.15) is 24.8 Å². The summed E-state index contributed by atoms with van der Waals surface area (Å²) in [6.45, 7) is 2.09. The van der Waals surface area contributed by atoms with E-state index >= 15 is 0 Å². The summed E-state index contributed by atoms with van der Waals surface area (Å²) in [5.74, 6) is 1.67. The molecule has 1 aliphatic rings. The number of ketones is 1. The van der Waals surface area contributed by atoms with Gasteiger partial charge in [0.25, 0.3) is 0 Å². The zero-order valence-corrected chi connectivity index (χ0v) is 10.9. The summed E-state index contributed by atoms with van der Waals surface area (Å²) in [4.78, 5) is 12.0. The van der Waals surface area contributed by atoms with E-state index in [1.165, 1.54) is 12.8 Å². The molecule has 1 saturated heterocycles. The highest BCUT2D eigenvalue weighted by Gasteiger charge is 2.16. The molecule has 0 radical (unpaired) electrons. The Morgan fingerprint density at radius 2 is 2.39 bits per heavy atom. The molecule has 0 aliphatic carbocycles. The first-order chi connectivity index (χ1) is 8.78. The molecule has 0 bridgehead atoms. The molecule has 1 N–H and O–H groups in total. The molecule has 1 unspecified atom stereocenters. The van der Waals surface area contributed by atoms with Gasteiger partial charge in [0.1, 0.15) is 11.5 Å². The van der Waals surface area contributed by atoms with E-state index in [2.05, 4.69) is 5.32 Å². The number of hydrogen-bond acceptors (Lipinski definition) is 3. The molecule has 3 heteroatoms. The van der Waals surface area contributed by atoms with Crippen LogP contribution in [0.5, 0.6) is 5.75 Å². The number of Topliss-reactive ketones (excluding diaryl/α,β-unsaturated/α-hetero) is 1. The van der Waals surface area contributed by atoms with Gasteiger partial charge in [-0.25, -0.2) is 0 Å². The molecule has 0 amide bonds. The Bertz CT molecular complexity index is 397. The Morgan fingerprint density at radius 3 is 3.11 bits per heavy atom. The van der Waals surface area contributed by atoms with Gasteiger partial charge in [0.05, 0.1) is 7.11 Å². The molecule has 3 nitrogen and oxygen atoms in total. The summed E-state index contributed by atoms with van der Waals surface area (Å²) in [6.07, 6.45) is 3.59. The molecule has 0 spiro atoms. The smallest absolute Gasteiger partial charge is 0.137 e. The van der Waals surface area contributed by atoms with Gasteiger partial charge in [0.15, 0.2) is 0 Å². The number of ether oxygens (including phenoxy) is 1. The summed E-state index contributed by atoms with van der Waals surface area (Å²) in [6, 6.07) is 7.76. The number of piperidine rings is 1. The maximum absolute atomic E-state index is 12.0. The van der Waals surface area contributed by atoms with Gasteiger partial charge in [-0.15, -0.1) is 0 Å². The maximum Gasteiger partial charge on any atom is 0.137 e. The summed E-state index contributed by atoms with van der Waals surface area (Å²) < 4.78 is 5.17. The summed E-state index contributed by atoms with van der Waals surface area (Å²) in [7, 11) is 1.65. The van der Waals surface area contributed by atoms with Crippen LogP contribution in [-0.2, 0) is 11.2 Å². The Hall–Kier alpha value is -1.35. The van der Waals surface area contributed by atoms with Crippen molar-refractivity contribution in [3.63, 3.8) is 0 Å². The van der Waals surface area contributed by atoms with Gasteiger partial charge in [-0.1, -0.05) is 12.1 Å². The third-order valence-electron chi connectivity index (χ3n) is 3.45. The van der Waals surface area contributed by atoms with E-state index in [9.17, 15) is 4.79 Å². The number of rotatable bonds is 5. The minimum absolute atomic E-state index is 0.331. The number of benzene rings is 1. The first-order valence-corrected chi connectivity index (χ1v) is 6.63. The largest absolute Gasteiger partial charge is 0.497 e. The van der Waals surface area contributed by atoms with Gasteiger partial charge in [-0.05, 0) is 49.5 Å². The van der Waals surface area contributed by atoms with E-state index in [0.29, 0.717) is 24.5 Å². The fraction of sp³-hybridized carbons (Fsp3) is 0.533. The first-order valence-electron chi connectivity index (χ1n) is 6.63. The van der Waals surface area contributed by atoms with Crippen LogP contribution in [0, 0.1) is 5.92 Å². The van der Waals surface area contributed by atoms with Crippen molar-refractivity contribution in [3.05, 3.63) is 29.8 Å². The molecule has 1 aromatic rings. The molecule has 98 valence electrons. The molecule has 1 heterocycles. The topological polar surface area (TPSA) is 38.3 Å². The number of methoxy groups -OCH3 is 1. The van der Waals surface area contributed by atoms with Crippen LogP contribution < -0.4 is 10.1 Å². The van der Waals surface area contributed by atoms with Gasteiger partial charge in [-0.3, -0.25) is 4.79 Å². The molecular weight excluding hydrogens is 226 g/mol. The van der Waals surface area contributed by atoms with Crippen LogP contribution in [0.3, 0.4) is 0 Å². The SMILES string of the molecule is COc1cccc(CC(=O)CC2CCCNC2)c1. The predicted octanol–water partition coefficient (Wildman–Crippen LogP) is 2.20. The Morgan fingerprint density at radius 1 is 1.50 bits per heavy atom. The Labute approximate surface area is 109 Å². The van der Waals surface area contributed by atoms with Gasteiger partial charge in [-0.2, -0.15) is 0 Å². The lowest BCUT2D eigenvalue weighted by Crippen LogP contribution is -2.31. The highest BCUT2D eigenvalue weighted by atomic mass is 16.5. The second-order valence-electron chi connectivity index (χ2n) is 4.98. The minimum Gasteiger partial charge on any atom is -0.497 e. The molecule has 1 fully saturated rings. The quantitative estimate of drug-likeness (QED) is 0.867. The van der Waals surface area contributed by atoms with Gasteiger partial charge in [0.2, 0.25) is 0 Å². The number of carbonyl (C=O) groups is 1. The Kier molecular flexibility index (Phi) is 4.76. The van der Waals surface area contributed by atoms with Crippen molar-refractivity contribution in [1.82, 2.24) is 5.32 Å². The second kappa shape index (κ2) is 6.55. The van der Waals surface area contributed by atoms with E-state index < -0.39 is 0 Å². The standard InChI is InChI=1S/C15H21NO2/c1-18-15-6-2-4-12(10-15)8-14(17)9-13-5-3-7-16-11-13/h2,4,6,10,13,16H,3,5,7-9,11H2,1H3. The van der Waals surface area contributed by atoms with E-state index in [-0.39, 0.29) is 0 Å². The lowest BCUT2D eigenvalue weighted by Gasteiger charge is -2.21. The predicted molar refractivity (Wildman–Crippen MR) is 71.9 cm³/mol. The molecule has 2 rings (SSSR count). The number of carbonyl (C=O) groups excluding carboxylic acids is 1. The third kappa shape index (κ3) is 3.84. The van der Waals surface area contributed by atoms with Gasteiger partial charge in [0, 0.05) is 12.8 Å². The lowest BCUT2D eigenvalue weighted by atomic mass is 9.92. The summed E-state index contributed by atoms with van der Waals surface area (Å²) in [5, 5.41) is 3.35. The van der Waals surface area contributed by atoms with Crippen LogP contribution in [0.2, 0.25) is 0 Å². The van der Waals surface area contributed by atoms with Crippen LogP contribution in [0.15, 0.2) is 24.3 Å². The monoisotopic (exact) mass is 247 g/mol. The summed E-state index contributed by atoms with van der Waals surface area (Å²) in [5.41, 5.74) is 1.04. The highest BCUT2D eigenvalue weighted by Crippen LogP contribution is 2.17. The van der Waals surface area contributed by atoms with Crippen molar-refractivity contribution in [3.8, 4) is 5.75 Å². The van der Waals surface area contributed by atoms with Gasteiger partial charge < -0.3 is 10.1 Å². The van der Waals surface area contributed by atoms with E-state index in [4.69, 9.17) is 4.74 Å². The fourth-order valence-corrected chi connectivity index (χ4v) is 2.50. The first kappa shape index (κ1) is 13.1. The van der Waals surface area contributed by atoms with Gasteiger partial charge >= 0.3 is 0 Å². The molecule has 18 heavy (non-hydrogen) atoms.